The highest BCUT2D eigenvalue weighted by Gasteiger charge is 2.11. The second kappa shape index (κ2) is 9.46. The van der Waals surface area contributed by atoms with Gasteiger partial charge in [0.05, 0.1) is 17.6 Å². The first kappa shape index (κ1) is 20.0. The third-order valence-electron chi connectivity index (χ3n) is 4.49. The number of halogens is 2. The van der Waals surface area contributed by atoms with E-state index in [0.29, 0.717) is 17.9 Å². The Morgan fingerprint density at radius 3 is 2.79 bits per heavy atom. The van der Waals surface area contributed by atoms with Crippen molar-refractivity contribution in [3.8, 4) is 5.75 Å². The van der Waals surface area contributed by atoms with Crippen LogP contribution in [0.1, 0.15) is 31.2 Å². The molecular weight excluding hydrogens is 381 g/mol. The van der Waals surface area contributed by atoms with E-state index in [1.807, 2.05) is 12.1 Å². The van der Waals surface area contributed by atoms with Crippen LogP contribution >= 0.6 is 11.6 Å². The van der Waals surface area contributed by atoms with Gasteiger partial charge < -0.3 is 14.8 Å². The maximum absolute atomic E-state index is 13.4. The lowest BCUT2D eigenvalue weighted by Crippen LogP contribution is -1.99. The lowest BCUT2D eigenvalue weighted by molar-refractivity contribution is -0.107. The summed E-state index contributed by atoms with van der Waals surface area (Å²) in [5.41, 5.74) is 2.43. The van der Waals surface area contributed by atoms with Gasteiger partial charge in [0.15, 0.2) is 0 Å². The van der Waals surface area contributed by atoms with E-state index >= 15 is 0 Å². The highest BCUT2D eigenvalue weighted by molar-refractivity contribution is 6.31. The summed E-state index contributed by atoms with van der Waals surface area (Å²) >= 11 is 5.87. The van der Waals surface area contributed by atoms with Crippen molar-refractivity contribution >= 4 is 40.3 Å². The minimum absolute atomic E-state index is 0.0426. The Hall–Kier alpha value is -2.73. The van der Waals surface area contributed by atoms with E-state index in [4.69, 9.17) is 16.3 Å². The Balaban J connectivity index is 1.89. The predicted octanol–water partition coefficient (Wildman–Crippen LogP) is 5.48. The summed E-state index contributed by atoms with van der Waals surface area (Å²) in [7, 11) is 1.64. The molecular formula is C21H21ClFN3O2. The molecule has 0 atom stereocenters. The number of methoxy groups -OCH3 is 1. The molecule has 0 unspecified atom stereocenters. The number of hydrogen-bond acceptors (Lipinski definition) is 5. The van der Waals surface area contributed by atoms with Crippen molar-refractivity contribution in [2.75, 3.05) is 12.4 Å². The summed E-state index contributed by atoms with van der Waals surface area (Å²) < 4.78 is 18.9. The predicted molar refractivity (Wildman–Crippen MR) is 109 cm³/mol. The van der Waals surface area contributed by atoms with Gasteiger partial charge in [-0.05, 0) is 49.1 Å². The van der Waals surface area contributed by atoms with Gasteiger partial charge in [0.2, 0.25) is 0 Å². The topological polar surface area (TPSA) is 64.1 Å². The maximum Gasteiger partial charge on any atom is 0.141 e. The van der Waals surface area contributed by atoms with Gasteiger partial charge in [0, 0.05) is 23.6 Å². The molecule has 0 radical (unpaired) electrons. The fourth-order valence-electron chi connectivity index (χ4n) is 3.04. The lowest BCUT2D eigenvalue weighted by atomic mass is 10.0. The second-order valence-electron chi connectivity index (χ2n) is 6.42. The van der Waals surface area contributed by atoms with Crippen LogP contribution in [0.25, 0.3) is 10.9 Å². The molecule has 2 aromatic carbocycles. The average molecular weight is 402 g/mol. The molecule has 7 heteroatoms. The zero-order chi connectivity index (χ0) is 19.9. The van der Waals surface area contributed by atoms with Gasteiger partial charge in [-0.1, -0.05) is 18.0 Å². The molecule has 5 nitrogen and oxygen atoms in total. The van der Waals surface area contributed by atoms with E-state index in [9.17, 15) is 9.18 Å². The third-order valence-corrected chi connectivity index (χ3v) is 4.78. The Labute approximate surface area is 167 Å². The van der Waals surface area contributed by atoms with Gasteiger partial charge in [-0.25, -0.2) is 14.4 Å². The zero-order valence-corrected chi connectivity index (χ0v) is 16.3. The van der Waals surface area contributed by atoms with Crippen molar-refractivity contribution in [3.63, 3.8) is 0 Å². The summed E-state index contributed by atoms with van der Waals surface area (Å²) in [6.07, 6.45) is 6.67. The summed E-state index contributed by atoms with van der Waals surface area (Å²) in [5.74, 6) is 0.913. The van der Waals surface area contributed by atoms with Crippen molar-refractivity contribution in [2.45, 2.75) is 32.1 Å². The van der Waals surface area contributed by atoms with Crippen molar-refractivity contribution < 1.29 is 13.9 Å². The van der Waals surface area contributed by atoms with Crippen molar-refractivity contribution in [2.24, 2.45) is 0 Å². The van der Waals surface area contributed by atoms with E-state index in [-0.39, 0.29) is 5.02 Å². The molecule has 1 aromatic heterocycles. The minimum Gasteiger partial charge on any atom is -0.496 e. The van der Waals surface area contributed by atoms with Gasteiger partial charge >= 0.3 is 0 Å². The van der Waals surface area contributed by atoms with Gasteiger partial charge in [0.1, 0.15) is 30.0 Å². The van der Waals surface area contributed by atoms with Crippen LogP contribution in [0.15, 0.2) is 36.7 Å². The second-order valence-corrected chi connectivity index (χ2v) is 6.83. The molecule has 1 heterocycles. The molecule has 28 heavy (non-hydrogen) atoms. The summed E-state index contributed by atoms with van der Waals surface area (Å²) in [4.78, 5) is 19.1. The number of aldehydes is 1. The van der Waals surface area contributed by atoms with Crippen LogP contribution in [0, 0.1) is 5.82 Å². The highest BCUT2D eigenvalue weighted by atomic mass is 35.5. The number of nitrogens with one attached hydrogen (secondary N) is 1. The van der Waals surface area contributed by atoms with Crippen LogP contribution in [-0.2, 0) is 11.2 Å². The van der Waals surface area contributed by atoms with Crippen LogP contribution in [0.2, 0.25) is 5.02 Å². The number of ether oxygens (including phenoxy) is 1. The third kappa shape index (κ3) is 4.75. The van der Waals surface area contributed by atoms with Gasteiger partial charge in [-0.15, -0.1) is 0 Å². The monoisotopic (exact) mass is 401 g/mol. The first-order valence-electron chi connectivity index (χ1n) is 9.09. The van der Waals surface area contributed by atoms with Crippen LogP contribution < -0.4 is 10.1 Å². The van der Waals surface area contributed by atoms with Gasteiger partial charge in [0.25, 0.3) is 0 Å². The number of hydrogen-bond donors (Lipinski definition) is 1. The molecule has 0 aliphatic carbocycles. The molecule has 3 rings (SSSR count). The van der Waals surface area contributed by atoms with E-state index in [0.717, 1.165) is 54.2 Å². The number of nitrogens with zero attached hydrogens (tertiary/aromatic N) is 2. The molecule has 3 aromatic rings. The quantitative estimate of drug-likeness (QED) is 0.380. The molecule has 0 aliphatic rings. The lowest BCUT2D eigenvalue weighted by Gasteiger charge is -2.13. The number of benzene rings is 2. The largest absolute Gasteiger partial charge is 0.496 e. The number of carbonyl (C=O) groups excluding carboxylic acids is 1. The van der Waals surface area contributed by atoms with Crippen LogP contribution in [0.5, 0.6) is 5.75 Å². The SMILES string of the molecule is COc1cc2ncnc(Nc3ccc(F)c(Cl)c3)c2cc1CCCCCC=O. The molecule has 146 valence electrons. The number of unbranched alkanes of at least 4 members (excludes halogenated alkanes) is 3. The molecule has 0 saturated heterocycles. The minimum atomic E-state index is -0.471. The number of anilines is 2. The molecule has 0 fully saturated rings. The first-order chi connectivity index (χ1) is 13.6. The van der Waals surface area contributed by atoms with Gasteiger partial charge in [-0.3, -0.25) is 0 Å². The molecule has 0 amide bonds. The Morgan fingerprint density at radius 1 is 1.18 bits per heavy atom. The number of aromatic nitrogens is 2. The molecule has 0 spiro atoms. The fourth-order valence-corrected chi connectivity index (χ4v) is 3.22. The van der Waals surface area contributed by atoms with Crippen molar-refractivity contribution in [3.05, 3.63) is 53.1 Å². The fraction of sp³-hybridized carbons (Fsp3) is 0.286. The first-order valence-corrected chi connectivity index (χ1v) is 9.47. The Kier molecular flexibility index (Phi) is 6.76. The normalized spacial score (nSPS) is 10.8. The number of aryl methyl sites for hydroxylation is 1. The smallest absolute Gasteiger partial charge is 0.141 e. The number of carbonyl (C=O) groups is 1. The molecule has 0 bridgehead atoms. The zero-order valence-electron chi connectivity index (χ0n) is 15.5. The van der Waals surface area contributed by atoms with E-state index in [1.54, 1.807) is 13.2 Å². The molecule has 0 aliphatic heterocycles. The number of fused-ring (bicyclic) bond motifs is 1. The highest BCUT2D eigenvalue weighted by Crippen LogP contribution is 2.31. The van der Waals surface area contributed by atoms with Crippen molar-refractivity contribution in [1.82, 2.24) is 9.97 Å². The Bertz CT molecular complexity index is 981. The van der Waals surface area contributed by atoms with Crippen LogP contribution in [0.3, 0.4) is 0 Å². The Morgan fingerprint density at radius 2 is 2.04 bits per heavy atom. The molecule has 0 saturated carbocycles. The molecule has 1 N–H and O–H groups in total. The number of rotatable bonds is 9. The van der Waals surface area contributed by atoms with E-state index in [2.05, 4.69) is 15.3 Å². The van der Waals surface area contributed by atoms with E-state index in [1.165, 1.54) is 18.5 Å². The summed E-state index contributed by atoms with van der Waals surface area (Å²) in [6.45, 7) is 0. The summed E-state index contributed by atoms with van der Waals surface area (Å²) in [6, 6.07) is 8.33. The van der Waals surface area contributed by atoms with Crippen molar-refractivity contribution in [1.29, 1.82) is 0 Å². The standard InChI is InChI=1S/C21H21ClFN3O2/c1-28-20-12-19-16(10-14(20)6-4-2-3-5-9-27)21(25-13-24-19)26-15-7-8-18(23)17(22)11-15/h7-13H,2-6H2,1H3,(H,24,25,26). The average Bonchev–Trinajstić information content (AvgIpc) is 2.70. The van der Waals surface area contributed by atoms with Crippen LogP contribution in [-0.4, -0.2) is 23.4 Å². The van der Waals surface area contributed by atoms with Gasteiger partial charge in [-0.2, -0.15) is 0 Å². The summed E-state index contributed by atoms with van der Waals surface area (Å²) in [5, 5.41) is 4.06. The maximum atomic E-state index is 13.4. The van der Waals surface area contributed by atoms with E-state index < -0.39 is 5.82 Å². The van der Waals surface area contributed by atoms with Crippen LogP contribution in [0.4, 0.5) is 15.9 Å².